The zero-order valence-corrected chi connectivity index (χ0v) is 14.0. The van der Waals surface area contributed by atoms with Crippen LogP contribution < -0.4 is 10.1 Å². The van der Waals surface area contributed by atoms with Crippen molar-refractivity contribution in [2.24, 2.45) is 0 Å². The first kappa shape index (κ1) is 18.0. The van der Waals surface area contributed by atoms with Crippen molar-refractivity contribution in [3.8, 4) is 5.75 Å². The van der Waals surface area contributed by atoms with Gasteiger partial charge in [-0.15, -0.1) is 0 Å². The van der Waals surface area contributed by atoms with Gasteiger partial charge in [0, 0.05) is 19.1 Å². The lowest BCUT2D eigenvalue weighted by Gasteiger charge is -2.33. The molecule has 1 aliphatic heterocycles. The fraction of sp³-hybridized carbons (Fsp3) is 0.444. The Morgan fingerprint density at radius 3 is 2.88 bits per heavy atom. The van der Waals surface area contributed by atoms with E-state index in [9.17, 15) is 14.0 Å². The third-order valence-electron chi connectivity index (χ3n) is 3.78. The van der Waals surface area contributed by atoms with Crippen LogP contribution in [0.15, 0.2) is 30.9 Å². The second-order valence-electron chi connectivity index (χ2n) is 6.11. The maximum Gasteiger partial charge on any atom is 0.257 e. The molecule has 1 saturated heterocycles. The number of halogens is 1. The molecular weight excluding hydrogens is 311 g/mol. The summed E-state index contributed by atoms with van der Waals surface area (Å²) in [5, 5.41) is 2.81. The van der Waals surface area contributed by atoms with Crippen LogP contribution in [-0.2, 0) is 4.79 Å². The Kier molecular flexibility index (Phi) is 5.95. The van der Waals surface area contributed by atoms with Crippen molar-refractivity contribution in [2.75, 3.05) is 13.1 Å². The Labute approximate surface area is 141 Å². The molecule has 0 aliphatic carbocycles. The first-order valence-corrected chi connectivity index (χ1v) is 8.09. The topological polar surface area (TPSA) is 58.6 Å². The number of benzene rings is 1. The summed E-state index contributed by atoms with van der Waals surface area (Å²) in [7, 11) is 0. The second kappa shape index (κ2) is 7.95. The van der Waals surface area contributed by atoms with Crippen molar-refractivity contribution in [2.45, 2.75) is 38.8 Å². The lowest BCUT2D eigenvalue weighted by Crippen LogP contribution is -2.49. The fourth-order valence-electron chi connectivity index (χ4n) is 2.74. The van der Waals surface area contributed by atoms with E-state index in [4.69, 9.17) is 4.74 Å². The molecular formula is C18H23FN2O3. The van der Waals surface area contributed by atoms with E-state index in [-0.39, 0.29) is 29.5 Å². The summed E-state index contributed by atoms with van der Waals surface area (Å²) in [6.45, 7) is 8.07. The summed E-state index contributed by atoms with van der Waals surface area (Å²) in [6.07, 6.45) is 2.65. The number of hydrogen-bond donors (Lipinski definition) is 1. The number of likely N-dealkylation sites (tertiary alicyclic amines) is 1. The molecule has 0 unspecified atom stereocenters. The van der Waals surface area contributed by atoms with Crippen LogP contribution in [0.2, 0.25) is 0 Å². The van der Waals surface area contributed by atoms with Crippen LogP contribution >= 0.6 is 0 Å². The molecule has 0 bridgehead atoms. The molecule has 1 aliphatic rings. The van der Waals surface area contributed by atoms with Gasteiger partial charge < -0.3 is 15.0 Å². The van der Waals surface area contributed by atoms with Crippen molar-refractivity contribution in [3.05, 3.63) is 42.2 Å². The molecule has 1 aromatic rings. The quantitative estimate of drug-likeness (QED) is 0.842. The van der Waals surface area contributed by atoms with Gasteiger partial charge in [-0.1, -0.05) is 6.58 Å². The predicted octanol–water partition coefficient (Wildman–Crippen LogP) is 2.52. The van der Waals surface area contributed by atoms with Crippen molar-refractivity contribution in [3.63, 3.8) is 0 Å². The first-order chi connectivity index (χ1) is 11.4. The average Bonchev–Trinajstić information content (AvgIpc) is 2.55. The standard InChI is InChI=1S/C18H23FN2O3/c1-4-17(22)20-14-6-5-9-21(11-14)18(23)15-10-13(19)7-8-16(15)24-12(2)3/h4,7-8,10,12,14H,1,5-6,9,11H2,2-3H3,(H,20,22)/t14-/m1/s1. The van der Waals surface area contributed by atoms with Gasteiger partial charge in [-0.2, -0.15) is 0 Å². The van der Waals surface area contributed by atoms with Crippen molar-refractivity contribution >= 4 is 11.8 Å². The molecule has 130 valence electrons. The van der Waals surface area contributed by atoms with Gasteiger partial charge in [0.1, 0.15) is 11.6 Å². The molecule has 0 aromatic heterocycles. The molecule has 0 saturated carbocycles. The summed E-state index contributed by atoms with van der Waals surface area (Å²) in [4.78, 5) is 25.9. The Morgan fingerprint density at radius 1 is 1.46 bits per heavy atom. The highest BCUT2D eigenvalue weighted by molar-refractivity contribution is 5.97. The van der Waals surface area contributed by atoms with Crippen LogP contribution in [0.1, 0.15) is 37.0 Å². The normalized spacial score (nSPS) is 17.5. The highest BCUT2D eigenvalue weighted by Gasteiger charge is 2.27. The smallest absolute Gasteiger partial charge is 0.257 e. The minimum absolute atomic E-state index is 0.122. The number of amides is 2. The van der Waals surface area contributed by atoms with Crippen molar-refractivity contribution in [1.82, 2.24) is 10.2 Å². The van der Waals surface area contributed by atoms with Crippen LogP contribution in [-0.4, -0.2) is 41.9 Å². The molecule has 1 heterocycles. The van der Waals surface area contributed by atoms with Gasteiger partial charge in [0.25, 0.3) is 5.91 Å². The predicted molar refractivity (Wildman–Crippen MR) is 89.4 cm³/mol. The Morgan fingerprint density at radius 2 is 2.21 bits per heavy atom. The molecule has 2 amide bonds. The number of carbonyl (C=O) groups excluding carboxylic acids is 2. The monoisotopic (exact) mass is 334 g/mol. The molecule has 5 nitrogen and oxygen atoms in total. The van der Waals surface area contributed by atoms with E-state index in [1.54, 1.807) is 4.90 Å². The number of rotatable bonds is 5. The van der Waals surface area contributed by atoms with E-state index in [0.717, 1.165) is 12.8 Å². The number of ether oxygens (including phenoxy) is 1. The lowest BCUT2D eigenvalue weighted by molar-refractivity contribution is -0.117. The molecule has 1 atom stereocenters. The maximum atomic E-state index is 13.6. The van der Waals surface area contributed by atoms with Crippen LogP contribution in [0.5, 0.6) is 5.75 Å². The lowest BCUT2D eigenvalue weighted by atomic mass is 10.0. The van der Waals surface area contributed by atoms with Gasteiger partial charge >= 0.3 is 0 Å². The Balaban J connectivity index is 2.17. The van der Waals surface area contributed by atoms with Gasteiger partial charge in [-0.3, -0.25) is 9.59 Å². The SMILES string of the molecule is C=CC(=O)N[C@@H]1CCCN(C(=O)c2cc(F)ccc2OC(C)C)C1. The number of carbonyl (C=O) groups is 2. The molecule has 24 heavy (non-hydrogen) atoms. The molecule has 2 rings (SSSR count). The van der Waals surface area contributed by atoms with Crippen LogP contribution in [0.4, 0.5) is 4.39 Å². The third kappa shape index (κ3) is 4.57. The minimum Gasteiger partial charge on any atom is -0.490 e. The fourth-order valence-corrected chi connectivity index (χ4v) is 2.74. The number of piperidine rings is 1. The van der Waals surface area contributed by atoms with Gasteiger partial charge in [0.05, 0.1) is 11.7 Å². The summed E-state index contributed by atoms with van der Waals surface area (Å²) >= 11 is 0. The zero-order valence-electron chi connectivity index (χ0n) is 14.0. The van der Waals surface area contributed by atoms with Crippen molar-refractivity contribution in [1.29, 1.82) is 0 Å². The number of nitrogens with one attached hydrogen (secondary N) is 1. The van der Waals surface area contributed by atoms with Gasteiger partial charge in [-0.05, 0) is 51.0 Å². The van der Waals surface area contributed by atoms with Crippen LogP contribution in [0.3, 0.4) is 0 Å². The van der Waals surface area contributed by atoms with E-state index in [1.807, 2.05) is 13.8 Å². The van der Waals surface area contributed by atoms with Gasteiger partial charge in [0.15, 0.2) is 0 Å². The molecule has 6 heteroatoms. The van der Waals surface area contributed by atoms with E-state index < -0.39 is 5.82 Å². The van der Waals surface area contributed by atoms with Gasteiger partial charge in [0.2, 0.25) is 5.91 Å². The Hall–Kier alpha value is -2.37. The zero-order chi connectivity index (χ0) is 17.7. The minimum atomic E-state index is -0.483. The van der Waals surface area contributed by atoms with Crippen LogP contribution in [0, 0.1) is 5.82 Å². The molecule has 1 aromatic carbocycles. The van der Waals surface area contributed by atoms with E-state index >= 15 is 0 Å². The number of nitrogens with zero attached hydrogens (tertiary/aromatic N) is 1. The highest BCUT2D eigenvalue weighted by Crippen LogP contribution is 2.24. The Bertz CT molecular complexity index is 631. The summed E-state index contributed by atoms with van der Waals surface area (Å²) in [5.41, 5.74) is 0.208. The first-order valence-electron chi connectivity index (χ1n) is 8.09. The molecule has 1 fully saturated rings. The molecule has 0 radical (unpaired) electrons. The summed E-state index contributed by atoms with van der Waals surface area (Å²) in [6, 6.07) is 3.82. The summed E-state index contributed by atoms with van der Waals surface area (Å²) in [5.74, 6) is -0.664. The number of hydrogen-bond acceptors (Lipinski definition) is 3. The van der Waals surface area contributed by atoms with Crippen LogP contribution in [0.25, 0.3) is 0 Å². The van der Waals surface area contributed by atoms with Crippen molar-refractivity contribution < 1.29 is 18.7 Å². The second-order valence-corrected chi connectivity index (χ2v) is 6.11. The summed E-state index contributed by atoms with van der Waals surface area (Å²) < 4.78 is 19.2. The van der Waals surface area contributed by atoms with E-state index in [1.165, 1.54) is 24.3 Å². The van der Waals surface area contributed by atoms with E-state index in [2.05, 4.69) is 11.9 Å². The van der Waals surface area contributed by atoms with E-state index in [0.29, 0.717) is 18.8 Å². The molecule has 1 N–H and O–H groups in total. The average molecular weight is 334 g/mol. The maximum absolute atomic E-state index is 13.6. The highest BCUT2D eigenvalue weighted by atomic mass is 19.1. The molecule has 0 spiro atoms. The third-order valence-corrected chi connectivity index (χ3v) is 3.78. The van der Waals surface area contributed by atoms with Gasteiger partial charge in [-0.25, -0.2) is 4.39 Å². The largest absolute Gasteiger partial charge is 0.490 e.